The van der Waals surface area contributed by atoms with E-state index < -0.39 is 6.10 Å². The second-order valence-electron chi connectivity index (χ2n) is 6.00. The molecule has 0 aliphatic heterocycles. The average molecular weight is 378 g/mol. The third-order valence-electron chi connectivity index (χ3n) is 3.81. The molecule has 1 aromatic rings. The summed E-state index contributed by atoms with van der Waals surface area (Å²) in [6.07, 6.45) is 7.76. The van der Waals surface area contributed by atoms with E-state index in [9.17, 15) is 5.11 Å². The fourth-order valence-corrected chi connectivity index (χ4v) is 2.52. The maximum atomic E-state index is 10.4. The zero-order valence-electron chi connectivity index (χ0n) is 14.4. The van der Waals surface area contributed by atoms with Crippen LogP contribution in [0.3, 0.4) is 0 Å². The van der Waals surface area contributed by atoms with Gasteiger partial charge in [0.2, 0.25) is 0 Å². The first-order chi connectivity index (χ1) is 10.9. The Morgan fingerprint density at radius 2 is 1.87 bits per heavy atom. The molecular formula is C20H28BrNO. The predicted molar refractivity (Wildman–Crippen MR) is 104 cm³/mol. The normalized spacial score (nSPS) is 14.2. The van der Waals surface area contributed by atoms with E-state index in [0.29, 0.717) is 0 Å². The highest BCUT2D eigenvalue weighted by molar-refractivity contribution is 9.10. The van der Waals surface area contributed by atoms with Crippen molar-refractivity contribution in [3.8, 4) is 0 Å². The second kappa shape index (κ2) is 10.6. The predicted octanol–water partition coefficient (Wildman–Crippen LogP) is 5.27. The van der Waals surface area contributed by atoms with Gasteiger partial charge in [-0.3, -0.25) is 4.90 Å². The first kappa shape index (κ1) is 19.9. The van der Waals surface area contributed by atoms with E-state index in [1.807, 2.05) is 37.3 Å². The van der Waals surface area contributed by atoms with Crippen molar-refractivity contribution in [2.45, 2.75) is 32.8 Å². The highest BCUT2D eigenvalue weighted by Crippen LogP contribution is 2.23. The Morgan fingerprint density at radius 1 is 1.22 bits per heavy atom. The van der Waals surface area contributed by atoms with Gasteiger partial charge in [-0.15, -0.1) is 6.58 Å². The van der Waals surface area contributed by atoms with Gasteiger partial charge in [0.25, 0.3) is 0 Å². The largest absolute Gasteiger partial charge is 0.384 e. The minimum atomic E-state index is -0.522. The molecule has 0 saturated heterocycles. The standard InChI is InChI=1S/C20H28BrNO/c1-5-14-22(4)15-13-16(2)7-6-8-17(3)20(23)18-9-11-19(21)12-10-18/h5,8-13,20,23H,1,6-7,14-15H2,2-4H3/b16-13+,17-8+. The number of hydrogen-bond donors (Lipinski definition) is 1. The van der Waals surface area contributed by atoms with Crippen LogP contribution in [0.2, 0.25) is 0 Å². The zero-order valence-corrected chi connectivity index (χ0v) is 16.0. The highest BCUT2D eigenvalue weighted by Gasteiger charge is 2.08. The number of likely N-dealkylation sites (N-methyl/N-ethyl adjacent to an activating group) is 1. The lowest BCUT2D eigenvalue weighted by Crippen LogP contribution is -2.18. The van der Waals surface area contributed by atoms with Crippen LogP contribution < -0.4 is 0 Å². The minimum Gasteiger partial charge on any atom is -0.384 e. The Balaban J connectivity index is 2.48. The molecule has 23 heavy (non-hydrogen) atoms. The molecule has 1 unspecified atom stereocenters. The molecule has 0 bridgehead atoms. The Bertz CT molecular complexity index is 545. The van der Waals surface area contributed by atoms with Crippen LogP contribution in [0.4, 0.5) is 0 Å². The molecule has 0 radical (unpaired) electrons. The van der Waals surface area contributed by atoms with Gasteiger partial charge < -0.3 is 5.11 Å². The first-order valence-corrected chi connectivity index (χ1v) is 8.78. The summed E-state index contributed by atoms with van der Waals surface area (Å²) < 4.78 is 1.03. The molecule has 0 aromatic heterocycles. The monoisotopic (exact) mass is 377 g/mol. The van der Waals surface area contributed by atoms with E-state index in [0.717, 1.165) is 41.5 Å². The van der Waals surface area contributed by atoms with E-state index in [4.69, 9.17) is 0 Å². The summed E-state index contributed by atoms with van der Waals surface area (Å²) in [6.45, 7) is 9.75. The SMILES string of the molecule is C=CCN(C)C/C=C(\C)CC/C=C(\C)C(O)c1ccc(Br)cc1. The van der Waals surface area contributed by atoms with Gasteiger partial charge in [0.05, 0.1) is 6.10 Å². The van der Waals surface area contributed by atoms with E-state index in [1.54, 1.807) is 0 Å². The molecule has 126 valence electrons. The Morgan fingerprint density at radius 3 is 2.48 bits per heavy atom. The molecule has 1 rings (SSSR count). The fraction of sp³-hybridized carbons (Fsp3) is 0.400. The molecule has 1 aromatic carbocycles. The maximum Gasteiger partial charge on any atom is 0.0998 e. The number of rotatable bonds is 9. The molecule has 0 aliphatic carbocycles. The van der Waals surface area contributed by atoms with Crippen molar-refractivity contribution in [3.63, 3.8) is 0 Å². The van der Waals surface area contributed by atoms with E-state index in [-0.39, 0.29) is 0 Å². The molecule has 0 aliphatic rings. The number of aliphatic hydroxyl groups is 1. The van der Waals surface area contributed by atoms with Gasteiger partial charge in [-0.05, 0) is 57.0 Å². The van der Waals surface area contributed by atoms with Crippen molar-refractivity contribution in [1.29, 1.82) is 0 Å². The molecular weight excluding hydrogens is 350 g/mol. The van der Waals surface area contributed by atoms with Crippen LogP contribution in [0.5, 0.6) is 0 Å². The number of halogens is 1. The van der Waals surface area contributed by atoms with Gasteiger partial charge >= 0.3 is 0 Å². The number of allylic oxidation sites excluding steroid dienone is 2. The Kier molecular flexibility index (Phi) is 9.15. The summed E-state index contributed by atoms with van der Waals surface area (Å²) in [5.41, 5.74) is 3.31. The van der Waals surface area contributed by atoms with Gasteiger partial charge in [-0.25, -0.2) is 0 Å². The van der Waals surface area contributed by atoms with E-state index in [2.05, 4.69) is 53.5 Å². The van der Waals surface area contributed by atoms with Crippen LogP contribution in [0.1, 0.15) is 38.4 Å². The third kappa shape index (κ3) is 7.78. The summed E-state index contributed by atoms with van der Waals surface area (Å²) in [7, 11) is 2.09. The molecule has 3 heteroatoms. The molecule has 2 nitrogen and oxygen atoms in total. The van der Waals surface area contributed by atoms with Crippen molar-refractivity contribution in [2.24, 2.45) is 0 Å². The summed E-state index contributed by atoms with van der Waals surface area (Å²) in [4.78, 5) is 2.22. The van der Waals surface area contributed by atoms with Gasteiger partial charge in [-0.1, -0.05) is 51.9 Å². The number of hydrogen-bond acceptors (Lipinski definition) is 2. The number of nitrogens with zero attached hydrogens (tertiary/aromatic N) is 1. The van der Waals surface area contributed by atoms with Crippen molar-refractivity contribution in [1.82, 2.24) is 4.90 Å². The Labute approximate surface area is 149 Å². The van der Waals surface area contributed by atoms with Gasteiger partial charge in [0.1, 0.15) is 0 Å². The lowest BCUT2D eigenvalue weighted by Gasteiger charge is -2.13. The van der Waals surface area contributed by atoms with Crippen LogP contribution >= 0.6 is 15.9 Å². The highest BCUT2D eigenvalue weighted by atomic mass is 79.9. The molecule has 1 N–H and O–H groups in total. The first-order valence-electron chi connectivity index (χ1n) is 7.99. The van der Waals surface area contributed by atoms with Crippen molar-refractivity contribution in [2.75, 3.05) is 20.1 Å². The smallest absolute Gasteiger partial charge is 0.0998 e. The molecule has 0 saturated carbocycles. The van der Waals surface area contributed by atoms with Crippen molar-refractivity contribution in [3.05, 3.63) is 70.3 Å². The topological polar surface area (TPSA) is 23.5 Å². The maximum absolute atomic E-state index is 10.4. The van der Waals surface area contributed by atoms with E-state index in [1.165, 1.54) is 5.57 Å². The number of benzene rings is 1. The van der Waals surface area contributed by atoms with Crippen LogP contribution in [-0.4, -0.2) is 30.1 Å². The van der Waals surface area contributed by atoms with Gasteiger partial charge in [-0.2, -0.15) is 0 Å². The molecule has 0 spiro atoms. The van der Waals surface area contributed by atoms with E-state index >= 15 is 0 Å². The summed E-state index contributed by atoms with van der Waals surface area (Å²) in [6, 6.07) is 7.82. The van der Waals surface area contributed by atoms with Crippen LogP contribution in [0, 0.1) is 0 Å². The zero-order chi connectivity index (χ0) is 17.2. The Hall–Kier alpha value is -1.16. The lowest BCUT2D eigenvalue weighted by molar-refractivity contribution is 0.215. The summed E-state index contributed by atoms with van der Waals surface area (Å²) >= 11 is 3.41. The lowest BCUT2D eigenvalue weighted by atomic mass is 10.0. The average Bonchev–Trinajstić information content (AvgIpc) is 2.53. The van der Waals surface area contributed by atoms with Crippen LogP contribution in [0.25, 0.3) is 0 Å². The van der Waals surface area contributed by atoms with Gasteiger partial charge in [0.15, 0.2) is 0 Å². The summed E-state index contributed by atoms with van der Waals surface area (Å²) in [5, 5.41) is 10.4. The third-order valence-corrected chi connectivity index (χ3v) is 4.34. The van der Waals surface area contributed by atoms with Gasteiger partial charge in [0, 0.05) is 17.6 Å². The molecule has 0 heterocycles. The van der Waals surface area contributed by atoms with Crippen LogP contribution in [-0.2, 0) is 0 Å². The quantitative estimate of drug-likeness (QED) is 0.592. The van der Waals surface area contributed by atoms with Crippen molar-refractivity contribution < 1.29 is 5.11 Å². The second-order valence-corrected chi connectivity index (χ2v) is 6.92. The molecule has 1 atom stereocenters. The van der Waals surface area contributed by atoms with Crippen LogP contribution in [0.15, 0.2) is 64.7 Å². The fourth-order valence-electron chi connectivity index (χ4n) is 2.26. The molecule has 0 fully saturated rings. The van der Waals surface area contributed by atoms with Crippen molar-refractivity contribution >= 4 is 15.9 Å². The molecule has 0 amide bonds. The minimum absolute atomic E-state index is 0.522. The summed E-state index contributed by atoms with van der Waals surface area (Å²) in [5.74, 6) is 0. The number of aliphatic hydroxyl groups excluding tert-OH is 1.